The summed E-state index contributed by atoms with van der Waals surface area (Å²) in [4.78, 5) is 28.5. The van der Waals surface area contributed by atoms with Crippen LogP contribution in [0.3, 0.4) is 0 Å². The average Bonchev–Trinajstić information content (AvgIpc) is 3.09. The summed E-state index contributed by atoms with van der Waals surface area (Å²) in [5.41, 5.74) is 6.66. The van der Waals surface area contributed by atoms with Gasteiger partial charge in [-0.2, -0.15) is 5.10 Å². The Morgan fingerprint density at radius 3 is 2.74 bits per heavy atom. The van der Waals surface area contributed by atoms with Gasteiger partial charge in [-0.05, 0) is 6.42 Å². The standard InChI is InChI=1S/C17H27N9O/c1-3-4-19-17(18)23-15-14-11-22-26(16(14)21-12-20-15)10-7-24-5-8-25(9-6-24)13(2)27/h11-12H,3-10H2,1-2H3,(H3,18,19,20,21,23). The molecule has 2 aromatic heterocycles. The molecule has 0 unspecified atom stereocenters. The first kappa shape index (κ1) is 19.0. The van der Waals surface area contributed by atoms with Gasteiger partial charge in [-0.3, -0.25) is 14.7 Å². The maximum atomic E-state index is 11.4. The quantitative estimate of drug-likeness (QED) is 0.546. The molecule has 10 nitrogen and oxygen atoms in total. The number of nitrogens with two attached hydrogens (primary N) is 1. The van der Waals surface area contributed by atoms with E-state index in [0.717, 1.165) is 56.7 Å². The number of amides is 1. The summed E-state index contributed by atoms with van der Waals surface area (Å²) in [6, 6.07) is 0. The minimum Gasteiger partial charge on any atom is -0.370 e. The molecule has 10 heteroatoms. The summed E-state index contributed by atoms with van der Waals surface area (Å²) in [6.45, 7) is 9.23. The number of nitrogens with zero attached hydrogens (tertiary/aromatic N) is 7. The van der Waals surface area contributed by atoms with E-state index in [2.05, 4.69) is 30.3 Å². The summed E-state index contributed by atoms with van der Waals surface area (Å²) in [5, 5.41) is 8.30. The van der Waals surface area contributed by atoms with E-state index >= 15 is 0 Å². The molecular weight excluding hydrogens is 346 g/mol. The first-order chi connectivity index (χ1) is 13.1. The Morgan fingerprint density at radius 1 is 1.26 bits per heavy atom. The Balaban J connectivity index is 1.63. The number of carbonyl (C=O) groups excluding carboxylic acids is 1. The largest absolute Gasteiger partial charge is 0.370 e. The lowest BCUT2D eigenvalue weighted by molar-refractivity contribution is -0.130. The number of piperazine rings is 1. The molecule has 0 atom stereocenters. The van der Waals surface area contributed by atoms with Crippen molar-refractivity contribution in [3.63, 3.8) is 0 Å². The van der Waals surface area contributed by atoms with Crippen molar-refractivity contribution in [3.8, 4) is 0 Å². The van der Waals surface area contributed by atoms with Gasteiger partial charge in [0.25, 0.3) is 0 Å². The van der Waals surface area contributed by atoms with Gasteiger partial charge in [-0.25, -0.2) is 14.6 Å². The Morgan fingerprint density at radius 2 is 2.04 bits per heavy atom. The monoisotopic (exact) mass is 373 g/mol. The van der Waals surface area contributed by atoms with Crippen LogP contribution in [0.5, 0.6) is 0 Å². The highest BCUT2D eigenvalue weighted by Crippen LogP contribution is 2.18. The zero-order valence-electron chi connectivity index (χ0n) is 15.9. The van der Waals surface area contributed by atoms with Crippen molar-refractivity contribution in [3.05, 3.63) is 12.5 Å². The highest BCUT2D eigenvalue weighted by molar-refractivity contribution is 5.98. The molecule has 1 saturated heterocycles. The lowest BCUT2D eigenvalue weighted by Crippen LogP contribution is -2.48. The van der Waals surface area contributed by atoms with Crippen molar-refractivity contribution < 1.29 is 4.79 Å². The van der Waals surface area contributed by atoms with Gasteiger partial charge in [0, 0.05) is 46.2 Å². The van der Waals surface area contributed by atoms with Crippen LogP contribution in [0.15, 0.2) is 17.5 Å². The number of anilines is 1. The molecule has 3 rings (SSSR count). The van der Waals surface area contributed by atoms with Crippen molar-refractivity contribution in [2.45, 2.75) is 26.8 Å². The minimum atomic E-state index is 0.145. The highest BCUT2D eigenvalue weighted by atomic mass is 16.2. The first-order valence-corrected chi connectivity index (χ1v) is 9.29. The summed E-state index contributed by atoms with van der Waals surface area (Å²) in [6.07, 6.45) is 4.18. The van der Waals surface area contributed by atoms with Crippen LogP contribution in [-0.4, -0.2) is 80.7 Å². The predicted octanol–water partition coefficient (Wildman–Crippen LogP) is 0.127. The number of hydrogen-bond donors (Lipinski definition) is 2. The van der Waals surface area contributed by atoms with E-state index in [-0.39, 0.29) is 5.91 Å². The second kappa shape index (κ2) is 8.76. The van der Waals surface area contributed by atoms with Gasteiger partial charge in [-0.1, -0.05) is 6.92 Å². The van der Waals surface area contributed by atoms with Crippen molar-refractivity contribution in [2.24, 2.45) is 10.7 Å². The molecule has 0 saturated carbocycles. The normalized spacial score (nSPS) is 16.1. The van der Waals surface area contributed by atoms with E-state index in [0.29, 0.717) is 18.3 Å². The molecule has 146 valence electrons. The third-order valence-corrected chi connectivity index (χ3v) is 4.63. The van der Waals surface area contributed by atoms with Gasteiger partial charge in [0.1, 0.15) is 12.1 Å². The van der Waals surface area contributed by atoms with Crippen molar-refractivity contribution in [2.75, 3.05) is 44.6 Å². The van der Waals surface area contributed by atoms with Gasteiger partial charge in [-0.15, -0.1) is 0 Å². The van der Waals surface area contributed by atoms with Gasteiger partial charge in [0.2, 0.25) is 5.91 Å². The molecule has 1 fully saturated rings. The second-order valence-corrected chi connectivity index (χ2v) is 6.57. The number of guanidine groups is 1. The fraction of sp³-hybridized carbons (Fsp3) is 0.588. The lowest BCUT2D eigenvalue weighted by Gasteiger charge is -2.34. The summed E-state index contributed by atoms with van der Waals surface area (Å²) in [5.74, 6) is 1.10. The van der Waals surface area contributed by atoms with Gasteiger partial charge >= 0.3 is 0 Å². The topological polar surface area (TPSA) is 118 Å². The first-order valence-electron chi connectivity index (χ1n) is 9.29. The Kier molecular flexibility index (Phi) is 6.17. The molecule has 0 aromatic carbocycles. The van der Waals surface area contributed by atoms with Crippen LogP contribution < -0.4 is 11.1 Å². The Bertz CT molecular complexity index is 808. The van der Waals surface area contributed by atoms with E-state index in [4.69, 9.17) is 5.73 Å². The van der Waals surface area contributed by atoms with Crippen LogP contribution in [0.4, 0.5) is 5.82 Å². The van der Waals surface area contributed by atoms with Crippen LogP contribution in [0.25, 0.3) is 11.0 Å². The second-order valence-electron chi connectivity index (χ2n) is 6.57. The molecule has 27 heavy (non-hydrogen) atoms. The van der Waals surface area contributed by atoms with Crippen molar-refractivity contribution in [1.29, 1.82) is 0 Å². The number of nitrogens with one attached hydrogen (secondary N) is 1. The molecule has 1 aliphatic heterocycles. The zero-order chi connectivity index (χ0) is 19.2. The summed E-state index contributed by atoms with van der Waals surface area (Å²) < 4.78 is 1.87. The molecule has 0 spiro atoms. The number of hydrogen-bond acceptors (Lipinski definition) is 6. The van der Waals surface area contributed by atoms with E-state index in [9.17, 15) is 4.79 Å². The van der Waals surface area contributed by atoms with Crippen LogP contribution in [0.2, 0.25) is 0 Å². The molecule has 3 heterocycles. The number of rotatable bonds is 6. The van der Waals surface area contributed by atoms with E-state index in [1.165, 1.54) is 6.33 Å². The predicted molar refractivity (Wildman–Crippen MR) is 104 cm³/mol. The van der Waals surface area contributed by atoms with Gasteiger partial charge < -0.3 is 16.0 Å². The van der Waals surface area contributed by atoms with E-state index in [1.807, 2.05) is 16.5 Å². The van der Waals surface area contributed by atoms with Crippen molar-refractivity contribution in [1.82, 2.24) is 29.5 Å². The summed E-state index contributed by atoms with van der Waals surface area (Å²) in [7, 11) is 0. The van der Waals surface area contributed by atoms with Crippen LogP contribution in [0.1, 0.15) is 20.3 Å². The fourth-order valence-corrected chi connectivity index (χ4v) is 3.07. The molecule has 0 radical (unpaired) electrons. The minimum absolute atomic E-state index is 0.145. The molecule has 1 amide bonds. The van der Waals surface area contributed by atoms with E-state index in [1.54, 1.807) is 13.1 Å². The average molecular weight is 373 g/mol. The summed E-state index contributed by atoms with van der Waals surface area (Å²) >= 11 is 0. The van der Waals surface area contributed by atoms with Gasteiger partial charge in [0.15, 0.2) is 11.6 Å². The number of aromatic nitrogens is 4. The molecular formula is C17H27N9O. The SMILES string of the molecule is CCCN=C(N)Nc1ncnc2c1cnn2CCN1CCN(C(C)=O)CC1. The van der Waals surface area contributed by atoms with Crippen molar-refractivity contribution >= 4 is 28.7 Å². The highest BCUT2D eigenvalue weighted by Gasteiger charge is 2.19. The zero-order valence-corrected chi connectivity index (χ0v) is 15.9. The van der Waals surface area contributed by atoms with E-state index < -0.39 is 0 Å². The lowest BCUT2D eigenvalue weighted by atomic mass is 10.3. The Labute approximate surface area is 158 Å². The Hall–Kier alpha value is -2.75. The van der Waals surface area contributed by atoms with Crippen LogP contribution >= 0.6 is 0 Å². The van der Waals surface area contributed by atoms with Gasteiger partial charge in [0.05, 0.1) is 18.1 Å². The number of aliphatic imine (C=N–C) groups is 1. The molecule has 0 aliphatic carbocycles. The number of fused-ring (bicyclic) bond motifs is 1. The van der Waals surface area contributed by atoms with Crippen LogP contribution in [0, 0.1) is 0 Å². The fourth-order valence-electron chi connectivity index (χ4n) is 3.07. The maximum Gasteiger partial charge on any atom is 0.219 e. The molecule has 0 bridgehead atoms. The maximum absolute atomic E-state index is 11.4. The number of carbonyl (C=O) groups is 1. The molecule has 1 aliphatic rings. The third kappa shape index (κ3) is 4.70. The smallest absolute Gasteiger partial charge is 0.219 e. The van der Waals surface area contributed by atoms with Crippen LogP contribution in [-0.2, 0) is 11.3 Å². The molecule has 3 N–H and O–H groups in total. The molecule has 2 aromatic rings. The third-order valence-electron chi connectivity index (χ3n) is 4.63.